The van der Waals surface area contributed by atoms with Gasteiger partial charge in [-0.05, 0) is 68.1 Å². The lowest BCUT2D eigenvalue weighted by Gasteiger charge is -2.30. The number of nitrogens with zero attached hydrogens (tertiary/aromatic N) is 8. The van der Waals surface area contributed by atoms with Crippen LogP contribution >= 0.6 is 0 Å². The van der Waals surface area contributed by atoms with Crippen molar-refractivity contribution in [2.75, 3.05) is 25.9 Å². The van der Waals surface area contributed by atoms with Crippen molar-refractivity contribution < 1.29 is 14.3 Å². The number of hydrogen-bond acceptors (Lipinski definition) is 9. The van der Waals surface area contributed by atoms with Crippen LogP contribution in [-0.4, -0.2) is 68.1 Å². The third-order valence-corrected chi connectivity index (χ3v) is 7.54. The second-order valence-corrected chi connectivity index (χ2v) is 10.2. The number of nitrogen functional groups attached to an aromatic ring is 1. The molecule has 218 valence electrons. The molecule has 3 heterocycles. The van der Waals surface area contributed by atoms with Crippen LogP contribution in [0.15, 0.2) is 64.7 Å². The van der Waals surface area contributed by atoms with Crippen LogP contribution in [0.2, 0.25) is 0 Å². The van der Waals surface area contributed by atoms with Gasteiger partial charge in [0.05, 0.1) is 34.5 Å². The number of fused-ring (bicyclic) bond motifs is 1. The van der Waals surface area contributed by atoms with Crippen LogP contribution in [0.25, 0.3) is 16.9 Å². The lowest BCUT2D eigenvalue weighted by molar-refractivity contribution is -0.143. The largest absolute Gasteiger partial charge is 0.481 e. The molecule has 0 saturated carbocycles. The minimum atomic E-state index is -0.773. The number of nitriles is 1. The Kier molecular flexibility index (Phi) is 8.64. The number of likely N-dealkylation sites (tertiary alicyclic amines) is 1. The molecule has 0 bridgehead atoms. The summed E-state index contributed by atoms with van der Waals surface area (Å²) in [6.45, 7) is 5.21. The quantitative estimate of drug-likeness (QED) is 0.283. The fraction of sp³-hybridized carbons (Fsp3) is 0.258. The van der Waals surface area contributed by atoms with E-state index in [4.69, 9.17) is 10.7 Å². The first kappa shape index (κ1) is 29.2. The van der Waals surface area contributed by atoms with Crippen LogP contribution in [0.5, 0.6) is 0 Å². The van der Waals surface area contributed by atoms with E-state index in [1.54, 1.807) is 37.4 Å². The number of hydrogen-bond donors (Lipinski definition) is 2. The Labute approximate surface area is 247 Å². The molecule has 1 saturated heterocycles. The van der Waals surface area contributed by atoms with E-state index in [0.717, 1.165) is 5.56 Å². The summed E-state index contributed by atoms with van der Waals surface area (Å²) in [4.78, 5) is 31.1. The van der Waals surface area contributed by atoms with Gasteiger partial charge in [-0.2, -0.15) is 9.78 Å². The zero-order chi connectivity index (χ0) is 30.5. The number of nitrogens with two attached hydrogens (primary N) is 1. The molecule has 1 aliphatic heterocycles. The van der Waals surface area contributed by atoms with E-state index in [0.29, 0.717) is 77.6 Å². The Bertz CT molecular complexity index is 1800. The number of aromatic nitrogens is 4. The Morgan fingerprint density at radius 3 is 2.72 bits per heavy atom. The van der Waals surface area contributed by atoms with Gasteiger partial charge in [-0.15, -0.1) is 5.10 Å². The minimum absolute atomic E-state index is 0.0613. The summed E-state index contributed by atoms with van der Waals surface area (Å²) in [5.41, 5.74) is 10.5. The number of anilines is 1. The molecule has 3 N–H and O–H groups in total. The van der Waals surface area contributed by atoms with E-state index >= 15 is 4.39 Å². The third-order valence-electron chi connectivity index (χ3n) is 7.54. The van der Waals surface area contributed by atoms with Crippen LogP contribution in [0.3, 0.4) is 0 Å². The molecule has 0 aliphatic carbocycles. The van der Waals surface area contributed by atoms with Crippen molar-refractivity contribution in [2.24, 2.45) is 15.9 Å². The fourth-order valence-corrected chi connectivity index (χ4v) is 5.34. The highest BCUT2D eigenvalue weighted by Crippen LogP contribution is 2.29. The normalized spacial score (nSPS) is 14.8. The van der Waals surface area contributed by atoms with Gasteiger partial charge in [0.15, 0.2) is 11.5 Å². The first-order valence-corrected chi connectivity index (χ1v) is 13.7. The van der Waals surface area contributed by atoms with Gasteiger partial charge in [-0.1, -0.05) is 24.3 Å². The first-order chi connectivity index (χ1) is 20.8. The highest BCUT2D eigenvalue weighted by Gasteiger charge is 2.26. The van der Waals surface area contributed by atoms with E-state index < -0.39 is 5.97 Å². The molecule has 0 radical (unpaired) electrons. The molecule has 4 aromatic rings. The zero-order valence-electron chi connectivity index (χ0n) is 23.6. The number of piperidine rings is 1. The number of carboxylic acid groups (broad SMARTS) is 1. The second-order valence-electron chi connectivity index (χ2n) is 10.2. The molecule has 0 atom stereocenters. The lowest BCUT2D eigenvalue weighted by Crippen LogP contribution is -2.36. The standard InChI is InChI=1S/C31H30FN9O2/c1-35-12-9-25(36-2)27-28(21-6-3-5-19(15-21)17-33)38-31(34)41-29(27)37-26(39-41)16-23-22(7-4-8-24(23)32)18-40-13-10-20(11-14-40)30(42)43/h3-9,12,15,20H,1,10-11,13-14,16,18H2,2H3,(H2,34,38)(H,42,43)/b12-9-,36-25?. The monoisotopic (exact) mass is 579 g/mol. The van der Waals surface area contributed by atoms with Crippen molar-refractivity contribution in [2.45, 2.75) is 25.8 Å². The number of carbonyl (C=O) groups is 1. The van der Waals surface area contributed by atoms with E-state index in [2.05, 4.69) is 37.8 Å². The molecule has 0 unspecified atom stereocenters. The number of aliphatic imine (C=N–C) groups is 2. The molecule has 1 fully saturated rings. The summed E-state index contributed by atoms with van der Waals surface area (Å²) < 4.78 is 16.7. The van der Waals surface area contributed by atoms with Gasteiger partial charge >= 0.3 is 5.97 Å². The molecule has 1 aliphatic rings. The predicted octanol–water partition coefficient (Wildman–Crippen LogP) is 3.90. The van der Waals surface area contributed by atoms with Gasteiger partial charge in [0.1, 0.15) is 5.82 Å². The van der Waals surface area contributed by atoms with Crippen molar-refractivity contribution in [1.82, 2.24) is 24.5 Å². The topological polar surface area (TPSA) is 158 Å². The van der Waals surface area contributed by atoms with Crippen LogP contribution in [0, 0.1) is 23.1 Å². The SMILES string of the molecule is C=N/C=C\C(=NC)c1c(-c2cccc(C#N)c2)nc(N)n2nc(Cc3c(F)cccc3CN3CCC(C(=O)O)CC3)nc12. The second kappa shape index (κ2) is 12.7. The average Bonchev–Trinajstić information content (AvgIpc) is 3.44. The van der Waals surface area contributed by atoms with Crippen molar-refractivity contribution in [3.8, 4) is 17.3 Å². The number of halogens is 1. The van der Waals surface area contributed by atoms with E-state index in [9.17, 15) is 15.2 Å². The van der Waals surface area contributed by atoms with Crippen LogP contribution < -0.4 is 5.73 Å². The number of benzene rings is 2. The van der Waals surface area contributed by atoms with Crippen LogP contribution in [-0.2, 0) is 17.8 Å². The van der Waals surface area contributed by atoms with Gasteiger partial charge in [0.2, 0.25) is 5.95 Å². The molecule has 2 aromatic carbocycles. The summed E-state index contributed by atoms with van der Waals surface area (Å²) in [6.07, 6.45) is 4.36. The van der Waals surface area contributed by atoms with Crippen molar-refractivity contribution in [1.29, 1.82) is 5.26 Å². The summed E-state index contributed by atoms with van der Waals surface area (Å²) >= 11 is 0. The van der Waals surface area contributed by atoms with Gasteiger partial charge in [0.25, 0.3) is 0 Å². The first-order valence-electron chi connectivity index (χ1n) is 13.7. The van der Waals surface area contributed by atoms with Crippen molar-refractivity contribution in [3.63, 3.8) is 0 Å². The van der Waals surface area contributed by atoms with Crippen molar-refractivity contribution >= 4 is 30.0 Å². The maximum absolute atomic E-state index is 15.3. The molecule has 12 heteroatoms. The van der Waals surface area contributed by atoms with Crippen LogP contribution in [0.1, 0.15) is 40.9 Å². The van der Waals surface area contributed by atoms with Gasteiger partial charge < -0.3 is 10.8 Å². The Morgan fingerprint density at radius 1 is 1.26 bits per heavy atom. The summed E-state index contributed by atoms with van der Waals surface area (Å²) in [5, 5.41) is 23.4. The number of carboxylic acids is 1. The smallest absolute Gasteiger partial charge is 0.306 e. The maximum atomic E-state index is 15.3. The Balaban J connectivity index is 1.57. The Morgan fingerprint density at radius 2 is 2.02 bits per heavy atom. The molecule has 5 rings (SSSR count). The molecular weight excluding hydrogens is 549 g/mol. The van der Waals surface area contributed by atoms with E-state index in [1.807, 2.05) is 12.1 Å². The molecule has 43 heavy (non-hydrogen) atoms. The van der Waals surface area contributed by atoms with Gasteiger partial charge in [0, 0.05) is 31.8 Å². The number of allylic oxidation sites excluding steroid dienone is 1. The van der Waals surface area contributed by atoms with Crippen molar-refractivity contribution in [3.05, 3.63) is 88.6 Å². The molecule has 2 aromatic heterocycles. The minimum Gasteiger partial charge on any atom is -0.481 e. The van der Waals surface area contributed by atoms with E-state index in [-0.39, 0.29) is 24.1 Å². The average molecular weight is 580 g/mol. The van der Waals surface area contributed by atoms with Crippen LogP contribution in [0.4, 0.5) is 10.3 Å². The highest BCUT2D eigenvalue weighted by atomic mass is 19.1. The summed E-state index contributed by atoms with van der Waals surface area (Å²) in [6, 6.07) is 14.0. The maximum Gasteiger partial charge on any atom is 0.306 e. The molecular formula is C31H30FN9O2. The number of aliphatic carboxylic acids is 1. The fourth-order valence-electron chi connectivity index (χ4n) is 5.34. The van der Waals surface area contributed by atoms with Gasteiger partial charge in [-0.25, -0.2) is 14.4 Å². The lowest BCUT2D eigenvalue weighted by atomic mass is 9.96. The summed E-state index contributed by atoms with van der Waals surface area (Å²) in [7, 11) is 1.62. The predicted molar refractivity (Wildman–Crippen MR) is 161 cm³/mol. The molecule has 0 amide bonds. The summed E-state index contributed by atoms with van der Waals surface area (Å²) in [5.74, 6) is -1.11. The Hall–Kier alpha value is -5.28. The molecule has 11 nitrogen and oxygen atoms in total. The third kappa shape index (κ3) is 6.17. The van der Waals surface area contributed by atoms with Gasteiger partial charge in [-0.3, -0.25) is 19.7 Å². The highest BCUT2D eigenvalue weighted by molar-refractivity contribution is 6.16. The number of rotatable bonds is 9. The zero-order valence-corrected chi connectivity index (χ0v) is 23.6. The van der Waals surface area contributed by atoms with E-state index in [1.165, 1.54) is 16.8 Å². The molecule has 0 spiro atoms.